The molecule has 1 amide bonds. The van der Waals surface area contributed by atoms with Crippen LogP contribution >= 0.6 is 0 Å². The molecule has 1 aliphatic rings. The highest BCUT2D eigenvalue weighted by atomic mass is 16.5. The van der Waals surface area contributed by atoms with Crippen LogP contribution in [0.25, 0.3) is 0 Å². The SMILES string of the molecule is COc1ccc(CC2c3cc(OCC(N)=O)ccc3CCC2N)cc1. The van der Waals surface area contributed by atoms with Gasteiger partial charge in [0.1, 0.15) is 11.5 Å². The molecule has 5 heteroatoms. The molecule has 0 bridgehead atoms. The van der Waals surface area contributed by atoms with E-state index in [0.717, 1.165) is 25.0 Å². The maximum absolute atomic E-state index is 10.9. The van der Waals surface area contributed by atoms with Gasteiger partial charge in [-0.3, -0.25) is 4.79 Å². The van der Waals surface area contributed by atoms with Gasteiger partial charge in [0.15, 0.2) is 6.61 Å². The van der Waals surface area contributed by atoms with E-state index in [-0.39, 0.29) is 18.6 Å². The van der Waals surface area contributed by atoms with Crippen LogP contribution in [0.4, 0.5) is 0 Å². The molecule has 2 aromatic carbocycles. The number of hydrogen-bond acceptors (Lipinski definition) is 4. The summed E-state index contributed by atoms with van der Waals surface area (Å²) in [6.07, 6.45) is 2.79. The van der Waals surface area contributed by atoms with Crippen molar-refractivity contribution in [3.05, 3.63) is 59.2 Å². The summed E-state index contributed by atoms with van der Waals surface area (Å²) in [6.45, 7) is -0.117. The van der Waals surface area contributed by atoms with Crippen molar-refractivity contribution in [2.45, 2.75) is 31.2 Å². The van der Waals surface area contributed by atoms with Crippen molar-refractivity contribution >= 4 is 5.91 Å². The van der Waals surface area contributed by atoms with Gasteiger partial charge in [-0.05, 0) is 60.2 Å². The topological polar surface area (TPSA) is 87.6 Å². The number of fused-ring (bicyclic) bond motifs is 1. The number of primary amides is 1. The summed E-state index contributed by atoms with van der Waals surface area (Å²) in [5.41, 5.74) is 15.3. The number of methoxy groups -OCH3 is 1. The van der Waals surface area contributed by atoms with E-state index in [9.17, 15) is 4.79 Å². The zero-order valence-electron chi connectivity index (χ0n) is 14.4. The van der Waals surface area contributed by atoms with Crippen LogP contribution in [-0.4, -0.2) is 25.7 Å². The minimum absolute atomic E-state index is 0.0981. The number of carbonyl (C=O) groups is 1. The summed E-state index contributed by atoms with van der Waals surface area (Å²) in [6, 6.07) is 14.2. The third kappa shape index (κ3) is 4.12. The summed E-state index contributed by atoms with van der Waals surface area (Å²) < 4.78 is 10.7. The molecular formula is C20H24N2O3. The van der Waals surface area contributed by atoms with Crippen LogP contribution in [0.2, 0.25) is 0 Å². The van der Waals surface area contributed by atoms with E-state index in [2.05, 4.69) is 18.2 Å². The molecule has 0 aromatic heterocycles. The van der Waals surface area contributed by atoms with Crippen LogP contribution in [-0.2, 0) is 17.6 Å². The molecule has 2 atom stereocenters. The van der Waals surface area contributed by atoms with E-state index in [4.69, 9.17) is 20.9 Å². The Labute approximate surface area is 147 Å². The first-order chi connectivity index (χ1) is 12.1. The summed E-state index contributed by atoms with van der Waals surface area (Å²) in [5, 5.41) is 0. The maximum Gasteiger partial charge on any atom is 0.255 e. The minimum atomic E-state index is -0.482. The van der Waals surface area contributed by atoms with Crippen LogP contribution in [0.5, 0.6) is 11.5 Å². The number of hydrogen-bond donors (Lipinski definition) is 2. The molecule has 2 aromatic rings. The zero-order chi connectivity index (χ0) is 17.8. The number of aryl methyl sites for hydroxylation is 1. The average Bonchev–Trinajstić information content (AvgIpc) is 2.63. The molecule has 0 fully saturated rings. The van der Waals surface area contributed by atoms with E-state index < -0.39 is 5.91 Å². The molecule has 0 heterocycles. The number of nitrogens with two attached hydrogens (primary N) is 2. The number of rotatable bonds is 6. The molecule has 5 nitrogen and oxygen atoms in total. The molecule has 0 radical (unpaired) electrons. The fourth-order valence-corrected chi connectivity index (χ4v) is 3.42. The van der Waals surface area contributed by atoms with Crippen LogP contribution in [0.3, 0.4) is 0 Å². The van der Waals surface area contributed by atoms with Gasteiger partial charge in [-0.2, -0.15) is 0 Å². The van der Waals surface area contributed by atoms with Gasteiger partial charge in [-0.15, -0.1) is 0 Å². The highest BCUT2D eigenvalue weighted by Crippen LogP contribution is 2.36. The fraction of sp³-hybridized carbons (Fsp3) is 0.350. The molecule has 0 spiro atoms. The van der Waals surface area contributed by atoms with Crippen molar-refractivity contribution in [1.29, 1.82) is 0 Å². The third-order valence-corrected chi connectivity index (χ3v) is 4.78. The first-order valence-corrected chi connectivity index (χ1v) is 8.49. The molecule has 25 heavy (non-hydrogen) atoms. The minimum Gasteiger partial charge on any atom is -0.497 e. The highest BCUT2D eigenvalue weighted by Gasteiger charge is 2.27. The third-order valence-electron chi connectivity index (χ3n) is 4.78. The Bertz CT molecular complexity index is 743. The first-order valence-electron chi connectivity index (χ1n) is 8.49. The van der Waals surface area contributed by atoms with Crippen molar-refractivity contribution in [3.63, 3.8) is 0 Å². The van der Waals surface area contributed by atoms with E-state index in [1.807, 2.05) is 24.3 Å². The lowest BCUT2D eigenvalue weighted by atomic mass is 9.76. The van der Waals surface area contributed by atoms with Gasteiger partial charge >= 0.3 is 0 Å². The maximum atomic E-state index is 10.9. The summed E-state index contributed by atoms with van der Waals surface area (Å²) in [4.78, 5) is 10.9. The molecule has 2 unspecified atom stereocenters. The van der Waals surface area contributed by atoms with Crippen LogP contribution in [0, 0.1) is 0 Å². The largest absolute Gasteiger partial charge is 0.497 e. The van der Waals surface area contributed by atoms with E-state index in [1.54, 1.807) is 7.11 Å². The second kappa shape index (κ2) is 7.57. The van der Waals surface area contributed by atoms with Crippen molar-refractivity contribution in [2.75, 3.05) is 13.7 Å². The van der Waals surface area contributed by atoms with Crippen LogP contribution in [0.1, 0.15) is 29.0 Å². The summed E-state index contributed by atoms with van der Waals surface area (Å²) >= 11 is 0. The molecule has 0 saturated heterocycles. The van der Waals surface area contributed by atoms with E-state index >= 15 is 0 Å². The number of carbonyl (C=O) groups excluding carboxylic acids is 1. The second-order valence-corrected chi connectivity index (χ2v) is 6.48. The number of amides is 1. The van der Waals surface area contributed by atoms with Gasteiger partial charge in [-0.1, -0.05) is 18.2 Å². The predicted molar refractivity (Wildman–Crippen MR) is 96.9 cm³/mol. The lowest BCUT2D eigenvalue weighted by Crippen LogP contribution is -2.34. The fourth-order valence-electron chi connectivity index (χ4n) is 3.42. The molecule has 3 rings (SSSR count). The molecule has 1 aliphatic carbocycles. The normalized spacial score (nSPS) is 19.1. The Morgan fingerprint density at radius 3 is 2.56 bits per heavy atom. The Morgan fingerprint density at radius 1 is 1.16 bits per heavy atom. The van der Waals surface area contributed by atoms with Gasteiger partial charge in [0.05, 0.1) is 7.11 Å². The van der Waals surface area contributed by atoms with Gasteiger partial charge < -0.3 is 20.9 Å². The monoisotopic (exact) mass is 340 g/mol. The van der Waals surface area contributed by atoms with Crippen molar-refractivity contribution in [2.24, 2.45) is 11.5 Å². The molecule has 0 aliphatic heterocycles. The highest BCUT2D eigenvalue weighted by molar-refractivity contribution is 5.75. The second-order valence-electron chi connectivity index (χ2n) is 6.48. The Hall–Kier alpha value is -2.53. The molecular weight excluding hydrogens is 316 g/mol. The van der Waals surface area contributed by atoms with Gasteiger partial charge in [-0.25, -0.2) is 0 Å². The number of benzene rings is 2. The molecule has 0 saturated carbocycles. The lowest BCUT2D eigenvalue weighted by Gasteiger charge is -2.32. The van der Waals surface area contributed by atoms with Crippen LogP contribution < -0.4 is 20.9 Å². The van der Waals surface area contributed by atoms with E-state index in [0.29, 0.717) is 5.75 Å². The molecule has 132 valence electrons. The predicted octanol–water partition coefficient (Wildman–Crippen LogP) is 2.16. The lowest BCUT2D eigenvalue weighted by molar-refractivity contribution is -0.119. The zero-order valence-corrected chi connectivity index (χ0v) is 14.4. The van der Waals surface area contributed by atoms with Crippen molar-refractivity contribution < 1.29 is 14.3 Å². The summed E-state index contributed by atoms with van der Waals surface area (Å²) in [7, 11) is 1.66. The smallest absolute Gasteiger partial charge is 0.255 e. The van der Waals surface area contributed by atoms with Crippen molar-refractivity contribution in [1.82, 2.24) is 0 Å². The summed E-state index contributed by atoms with van der Waals surface area (Å²) in [5.74, 6) is 1.24. The Kier molecular flexibility index (Phi) is 5.24. The standard InChI is InChI=1S/C20H24N2O3/c1-24-15-6-2-13(3-7-15)10-18-17-11-16(25-12-20(22)23)8-4-14(17)5-9-19(18)21/h2-4,6-8,11,18-19H,5,9-10,12,21H2,1H3,(H2,22,23). The first kappa shape index (κ1) is 17.3. The van der Waals surface area contributed by atoms with Gasteiger partial charge in [0.25, 0.3) is 5.91 Å². The van der Waals surface area contributed by atoms with Gasteiger partial charge in [0.2, 0.25) is 0 Å². The quantitative estimate of drug-likeness (QED) is 0.843. The van der Waals surface area contributed by atoms with E-state index in [1.165, 1.54) is 16.7 Å². The van der Waals surface area contributed by atoms with Gasteiger partial charge in [0, 0.05) is 12.0 Å². The Morgan fingerprint density at radius 2 is 1.88 bits per heavy atom. The van der Waals surface area contributed by atoms with Crippen molar-refractivity contribution in [3.8, 4) is 11.5 Å². The number of ether oxygens (including phenoxy) is 2. The molecule has 4 N–H and O–H groups in total. The Balaban J connectivity index is 1.83. The average molecular weight is 340 g/mol. The van der Waals surface area contributed by atoms with Crippen LogP contribution in [0.15, 0.2) is 42.5 Å².